The molecular formula is C12H11NO. The molecule has 0 bridgehead atoms. The molecule has 0 aromatic heterocycles. The van der Waals surface area contributed by atoms with Crippen molar-refractivity contribution in [2.24, 2.45) is 0 Å². The zero-order valence-electron chi connectivity index (χ0n) is 8.05. The molecular weight excluding hydrogens is 174 g/mol. The highest BCUT2D eigenvalue weighted by Crippen LogP contribution is 2.39. The van der Waals surface area contributed by atoms with Crippen LogP contribution in [-0.4, -0.2) is 5.91 Å². The summed E-state index contributed by atoms with van der Waals surface area (Å²) in [5.74, 6) is 0.0538. The maximum absolute atomic E-state index is 11.6. The van der Waals surface area contributed by atoms with Crippen LogP contribution in [0.1, 0.15) is 34.3 Å². The van der Waals surface area contributed by atoms with Gasteiger partial charge in [-0.3, -0.25) is 4.79 Å². The number of hydrogen-bond donors (Lipinski definition) is 1. The molecule has 0 saturated heterocycles. The Labute approximate surface area is 82.6 Å². The number of rotatable bonds is 0. The predicted molar refractivity (Wildman–Crippen MR) is 54.8 cm³/mol. The van der Waals surface area contributed by atoms with Gasteiger partial charge in [0.1, 0.15) is 0 Å². The second kappa shape index (κ2) is 2.47. The number of aryl methyl sites for hydroxylation is 1. The Morgan fingerprint density at radius 3 is 2.79 bits per heavy atom. The molecule has 1 amide bonds. The third kappa shape index (κ3) is 0.939. The molecule has 3 rings (SSSR count). The molecule has 1 fully saturated rings. The van der Waals surface area contributed by atoms with Gasteiger partial charge in [0, 0.05) is 16.8 Å². The highest BCUT2D eigenvalue weighted by molar-refractivity contribution is 6.10. The average Bonchev–Trinajstić information content (AvgIpc) is 2.94. The van der Waals surface area contributed by atoms with Crippen LogP contribution in [0.15, 0.2) is 23.8 Å². The minimum absolute atomic E-state index is 0.0538. The highest BCUT2D eigenvalue weighted by Gasteiger charge is 2.30. The molecule has 2 aliphatic rings. The van der Waals surface area contributed by atoms with Crippen LogP contribution in [0.5, 0.6) is 0 Å². The van der Waals surface area contributed by atoms with Gasteiger partial charge < -0.3 is 5.32 Å². The molecule has 2 heteroatoms. The summed E-state index contributed by atoms with van der Waals surface area (Å²) < 4.78 is 0. The molecule has 1 aromatic rings. The Morgan fingerprint density at radius 1 is 1.29 bits per heavy atom. The van der Waals surface area contributed by atoms with E-state index in [9.17, 15) is 4.79 Å². The second-order valence-electron chi connectivity index (χ2n) is 3.93. The fourth-order valence-electron chi connectivity index (χ4n) is 2.01. The number of hydrogen-bond acceptors (Lipinski definition) is 1. The lowest BCUT2D eigenvalue weighted by Crippen LogP contribution is -2.12. The normalized spacial score (nSPS) is 18.2. The number of carbonyl (C=O) groups is 1. The summed E-state index contributed by atoms with van der Waals surface area (Å²) in [6.45, 7) is 2.06. The van der Waals surface area contributed by atoms with E-state index in [0.29, 0.717) is 0 Å². The summed E-state index contributed by atoms with van der Waals surface area (Å²) in [6.07, 6.45) is 2.28. The zero-order chi connectivity index (χ0) is 9.71. The van der Waals surface area contributed by atoms with Crippen LogP contribution < -0.4 is 5.32 Å². The van der Waals surface area contributed by atoms with Crippen LogP contribution in [0.2, 0.25) is 0 Å². The number of allylic oxidation sites excluding steroid dienone is 1. The van der Waals surface area contributed by atoms with Crippen LogP contribution in [-0.2, 0) is 0 Å². The topological polar surface area (TPSA) is 29.1 Å². The van der Waals surface area contributed by atoms with Crippen LogP contribution in [0.4, 0.5) is 0 Å². The number of benzene rings is 1. The summed E-state index contributed by atoms with van der Waals surface area (Å²) in [5, 5.41) is 2.96. The summed E-state index contributed by atoms with van der Waals surface area (Å²) in [6, 6.07) is 5.89. The van der Waals surface area contributed by atoms with Crippen LogP contribution in [0.3, 0.4) is 0 Å². The van der Waals surface area contributed by atoms with Crippen LogP contribution >= 0.6 is 0 Å². The average molecular weight is 185 g/mol. The molecule has 1 aromatic carbocycles. The zero-order valence-corrected chi connectivity index (χ0v) is 8.05. The van der Waals surface area contributed by atoms with Gasteiger partial charge in [0.15, 0.2) is 0 Å². The molecule has 70 valence electrons. The van der Waals surface area contributed by atoms with Crippen LogP contribution in [0, 0.1) is 6.92 Å². The van der Waals surface area contributed by atoms with E-state index in [4.69, 9.17) is 0 Å². The molecule has 0 spiro atoms. The lowest BCUT2D eigenvalue weighted by atomic mass is 10.0. The second-order valence-corrected chi connectivity index (χ2v) is 3.93. The van der Waals surface area contributed by atoms with Crippen molar-refractivity contribution >= 4 is 11.6 Å². The number of amides is 1. The van der Waals surface area contributed by atoms with E-state index in [1.807, 2.05) is 12.1 Å². The standard InChI is InChI=1S/C12H11NO/c1-7-3-2-4-9-10(7)11(8-5-6-8)13-12(9)14/h2-4H,5-6H2,1H3,(H,13,14). The van der Waals surface area contributed by atoms with Gasteiger partial charge in [-0.25, -0.2) is 0 Å². The van der Waals surface area contributed by atoms with Crippen molar-refractivity contribution in [3.05, 3.63) is 40.5 Å². The van der Waals surface area contributed by atoms with Crippen molar-refractivity contribution in [1.82, 2.24) is 5.32 Å². The van der Waals surface area contributed by atoms with Gasteiger partial charge in [0.25, 0.3) is 5.91 Å². The molecule has 1 heterocycles. The van der Waals surface area contributed by atoms with Crippen molar-refractivity contribution in [3.8, 4) is 0 Å². The van der Waals surface area contributed by atoms with E-state index in [1.165, 1.54) is 11.1 Å². The number of carbonyl (C=O) groups excluding carboxylic acids is 1. The SMILES string of the molecule is Cc1cccc2c1C(=C1CC1)NC2=O. The predicted octanol–water partition coefficient (Wildman–Crippen LogP) is 2.24. The van der Waals surface area contributed by atoms with Gasteiger partial charge in [-0.15, -0.1) is 0 Å². The van der Waals surface area contributed by atoms with Gasteiger partial charge in [-0.2, -0.15) is 0 Å². The third-order valence-corrected chi connectivity index (χ3v) is 2.86. The van der Waals surface area contributed by atoms with Crippen molar-refractivity contribution < 1.29 is 4.79 Å². The minimum atomic E-state index is 0.0538. The fraction of sp³-hybridized carbons (Fsp3) is 0.250. The van der Waals surface area contributed by atoms with E-state index in [2.05, 4.69) is 18.3 Å². The van der Waals surface area contributed by atoms with Crippen molar-refractivity contribution in [3.63, 3.8) is 0 Å². The first-order valence-electron chi connectivity index (χ1n) is 4.91. The molecule has 2 nitrogen and oxygen atoms in total. The van der Waals surface area contributed by atoms with E-state index in [1.54, 1.807) is 0 Å². The molecule has 1 aliphatic heterocycles. The van der Waals surface area contributed by atoms with Gasteiger partial charge in [0.05, 0.1) is 0 Å². The van der Waals surface area contributed by atoms with E-state index in [0.717, 1.165) is 29.7 Å². The lowest BCUT2D eigenvalue weighted by molar-refractivity contribution is 0.0981. The summed E-state index contributed by atoms with van der Waals surface area (Å²) in [4.78, 5) is 11.6. The Morgan fingerprint density at radius 2 is 2.07 bits per heavy atom. The highest BCUT2D eigenvalue weighted by atomic mass is 16.1. The van der Waals surface area contributed by atoms with Gasteiger partial charge in [-0.1, -0.05) is 12.1 Å². The fourth-order valence-corrected chi connectivity index (χ4v) is 2.01. The van der Waals surface area contributed by atoms with Crippen molar-refractivity contribution in [2.75, 3.05) is 0 Å². The lowest BCUT2D eigenvalue weighted by Gasteiger charge is -2.02. The first kappa shape index (κ1) is 7.80. The van der Waals surface area contributed by atoms with Crippen molar-refractivity contribution in [1.29, 1.82) is 0 Å². The largest absolute Gasteiger partial charge is 0.321 e. The monoisotopic (exact) mass is 185 g/mol. The molecule has 0 atom stereocenters. The molecule has 1 N–H and O–H groups in total. The van der Waals surface area contributed by atoms with E-state index < -0.39 is 0 Å². The smallest absolute Gasteiger partial charge is 0.256 e. The van der Waals surface area contributed by atoms with Gasteiger partial charge in [-0.05, 0) is 37.0 Å². The van der Waals surface area contributed by atoms with Gasteiger partial charge >= 0.3 is 0 Å². The maximum atomic E-state index is 11.6. The summed E-state index contributed by atoms with van der Waals surface area (Å²) in [7, 11) is 0. The first-order valence-corrected chi connectivity index (χ1v) is 4.91. The van der Waals surface area contributed by atoms with Gasteiger partial charge in [0.2, 0.25) is 0 Å². The molecule has 1 saturated carbocycles. The molecule has 0 unspecified atom stereocenters. The Bertz CT molecular complexity index is 465. The Kier molecular flexibility index (Phi) is 1.38. The first-order chi connectivity index (χ1) is 6.77. The number of nitrogens with one attached hydrogen (secondary N) is 1. The Balaban J connectivity index is 2.31. The van der Waals surface area contributed by atoms with Crippen molar-refractivity contribution in [2.45, 2.75) is 19.8 Å². The minimum Gasteiger partial charge on any atom is -0.321 e. The van der Waals surface area contributed by atoms with Crippen LogP contribution in [0.25, 0.3) is 5.70 Å². The maximum Gasteiger partial charge on any atom is 0.256 e. The molecule has 14 heavy (non-hydrogen) atoms. The molecule has 0 radical (unpaired) electrons. The summed E-state index contributed by atoms with van der Waals surface area (Å²) in [5.41, 5.74) is 5.63. The van der Waals surface area contributed by atoms with E-state index in [-0.39, 0.29) is 5.91 Å². The third-order valence-electron chi connectivity index (χ3n) is 2.86. The Hall–Kier alpha value is -1.57. The van der Waals surface area contributed by atoms with E-state index >= 15 is 0 Å². The quantitative estimate of drug-likeness (QED) is 0.659. The summed E-state index contributed by atoms with van der Waals surface area (Å²) >= 11 is 0. The number of fused-ring (bicyclic) bond motifs is 1. The molecule has 1 aliphatic carbocycles.